The van der Waals surface area contributed by atoms with Crippen molar-refractivity contribution in [1.29, 1.82) is 0 Å². The van der Waals surface area contributed by atoms with Gasteiger partial charge in [0.2, 0.25) is 17.9 Å². The molecule has 29 heavy (non-hydrogen) atoms. The molecule has 0 saturated heterocycles. The second-order valence-corrected chi connectivity index (χ2v) is 5.64. The van der Waals surface area contributed by atoms with Crippen molar-refractivity contribution in [3.05, 3.63) is 48.5 Å². The van der Waals surface area contributed by atoms with Crippen molar-refractivity contribution in [3.63, 3.8) is 0 Å². The van der Waals surface area contributed by atoms with Crippen molar-refractivity contribution in [2.75, 3.05) is 5.32 Å². The van der Waals surface area contributed by atoms with Crippen LogP contribution in [0.1, 0.15) is 6.92 Å². The van der Waals surface area contributed by atoms with Crippen molar-refractivity contribution in [2.24, 2.45) is 4.99 Å². The van der Waals surface area contributed by atoms with E-state index in [0.717, 1.165) is 12.1 Å². The summed E-state index contributed by atoms with van der Waals surface area (Å²) in [7, 11) is 0. The first-order valence-electron chi connectivity index (χ1n) is 8.04. The van der Waals surface area contributed by atoms with Crippen LogP contribution in [-0.4, -0.2) is 33.1 Å². The summed E-state index contributed by atoms with van der Waals surface area (Å²) >= 11 is 0. The average Bonchev–Trinajstić information content (AvgIpc) is 3.05. The number of isocyanates is 1. The second kappa shape index (κ2) is 7.95. The molecule has 0 saturated carbocycles. The van der Waals surface area contributed by atoms with Gasteiger partial charge in [-0.3, -0.25) is 10.1 Å². The molecule has 0 aliphatic carbocycles. The summed E-state index contributed by atoms with van der Waals surface area (Å²) in [6.07, 6.45) is -3.37. The molecule has 148 valence electrons. The van der Waals surface area contributed by atoms with E-state index in [1.807, 2.05) is 0 Å². The fourth-order valence-corrected chi connectivity index (χ4v) is 2.38. The summed E-state index contributed by atoms with van der Waals surface area (Å²) in [6, 6.07) is 11.3. The molecule has 1 heterocycles. The monoisotopic (exact) mass is 403 g/mol. The first kappa shape index (κ1) is 19.8. The first-order valence-corrected chi connectivity index (χ1v) is 8.04. The van der Waals surface area contributed by atoms with Crippen LogP contribution in [0.25, 0.3) is 17.1 Å². The van der Waals surface area contributed by atoms with Crippen molar-refractivity contribution >= 4 is 23.6 Å². The molecule has 0 unspecified atom stereocenters. The average molecular weight is 403 g/mol. The highest BCUT2D eigenvalue weighted by Crippen LogP contribution is 2.26. The molecule has 3 rings (SSSR count). The highest BCUT2D eigenvalue weighted by atomic mass is 19.4. The third kappa shape index (κ3) is 5.05. The van der Waals surface area contributed by atoms with Crippen LogP contribution in [0, 0.1) is 0 Å². The normalized spacial score (nSPS) is 10.9. The van der Waals surface area contributed by atoms with E-state index in [1.54, 1.807) is 24.3 Å². The number of nitrogens with zero attached hydrogens (tertiary/aromatic N) is 4. The van der Waals surface area contributed by atoms with Crippen LogP contribution in [0.5, 0.6) is 5.75 Å². The number of rotatable bonds is 5. The summed E-state index contributed by atoms with van der Waals surface area (Å²) in [5.41, 5.74) is 1.31. The van der Waals surface area contributed by atoms with Gasteiger partial charge in [0, 0.05) is 12.5 Å². The Morgan fingerprint density at radius 3 is 2.34 bits per heavy atom. The lowest BCUT2D eigenvalue weighted by Gasteiger charge is -2.10. The highest BCUT2D eigenvalue weighted by Gasteiger charge is 2.31. The van der Waals surface area contributed by atoms with Gasteiger partial charge in [0.05, 0.1) is 11.4 Å². The Labute approximate surface area is 161 Å². The number of amides is 1. The van der Waals surface area contributed by atoms with Crippen LogP contribution < -0.4 is 10.1 Å². The van der Waals surface area contributed by atoms with Gasteiger partial charge in [-0.1, -0.05) is 0 Å². The van der Waals surface area contributed by atoms with Crippen LogP contribution in [0.15, 0.2) is 53.5 Å². The number of hydrogen-bond donors (Lipinski definition) is 1. The minimum atomic E-state index is -4.80. The molecule has 11 heteroatoms. The molecule has 8 nitrogen and oxygen atoms in total. The maximum atomic E-state index is 12.3. The fourth-order valence-electron chi connectivity index (χ4n) is 2.38. The molecular formula is C18H12F3N5O3. The molecule has 0 fully saturated rings. The predicted molar refractivity (Wildman–Crippen MR) is 95.6 cm³/mol. The summed E-state index contributed by atoms with van der Waals surface area (Å²) < 4.78 is 42.1. The molecule has 1 amide bonds. The lowest BCUT2D eigenvalue weighted by Crippen LogP contribution is -2.17. The molecule has 0 atom stereocenters. The number of anilines is 1. The van der Waals surface area contributed by atoms with Gasteiger partial charge >= 0.3 is 6.36 Å². The van der Waals surface area contributed by atoms with Gasteiger partial charge in [-0.15, -0.1) is 18.3 Å². The van der Waals surface area contributed by atoms with Crippen molar-refractivity contribution in [3.8, 4) is 22.8 Å². The van der Waals surface area contributed by atoms with Crippen LogP contribution in [0.4, 0.5) is 24.8 Å². The molecule has 1 N–H and O–H groups in total. The van der Waals surface area contributed by atoms with Gasteiger partial charge in [0.1, 0.15) is 5.75 Å². The molecule has 0 spiro atoms. The molecular weight excluding hydrogens is 391 g/mol. The van der Waals surface area contributed by atoms with Crippen LogP contribution in [-0.2, 0) is 9.59 Å². The SMILES string of the molecule is CC(=O)Nc1nc(-c2ccc(N=C=O)cc2)nn1-c1ccc(OC(F)(F)F)cc1. The molecule has 0 radical (unpaired) electrons. The van der Waals surface area contributed by atoms with Gasteiger partial charge in [-0.2, -0.15) is 14.7 Å². The highest BCUT2D eigenvalue weighted by molar-refractivity contribution is 5.87. The Kier molecular flexibility index (Phi) is 5.42. The van der Waals surface area contributed by atoms with E-state index in [0.29, 0.717) is 16.9 Å². The standard InChI is InChI=1S/C18H12F3N5O3/c1-11(28)23-17-24-16(12-2-4-13(5-3-12)22-10-27)25-26(17)14-6-8-15(9-7-14)29-18(19,20)21/h2-9H,1H3,(H,23,24,25,28). The second-order valence-electron chi connectivity index (χ2n) is 5.64. The van der Waals surface area contributed by atoms with E-state index >= 15 is 0 Å². The van der Waals surface area contributed by atoms with Crippen LogP contribution >= 0.6 is 0 Å². The van der Waals surface area contributed by atoms with Crippen LogP contribution in [0.3, 0.4) is 0 Å². The van der Waals surface area contributed by atoms with Gasteiger partial charge in [0.25, 0.3) is 0 Å². The van der Waals surface area contributed by atoms with Gasteiger partial charge in [-0.25, -0.2) is 4.79 Å². The molecule has 1 aromatic heterocycles. The number of carbonyl (C=O) groups excluding carboxylic acids is 2. The minimum absolute atomic E-state index is 0.0759. The quantitative estimate of drug-likeness (QED) is 0.517. The minimum Gasteiger partial charge on any atom is -0.406 e. The lowest BCUT2D eigenvalue weighted by atomic mass is 10.2. The number of nitrogens with one attached hydrogen (secondary N) is 1. The number of benzene rings is 2. The van der Waals surface area contributed by atoms with Gasteiger partial charge in [-0.05, 0) is 48.5 Å². The van der Waals surface area contributed by atoms with E-state index < -0.39 is 18.0 Å². The third-order valence-corrected chi connectivity index (χ3v) is 3.51. The molecule has 0 bridgehead atoms. The van der Waals surface area contributed by atoms with E-state index in [4.69, 9.17) is 0 Å². The van der Waals surface area contributed by atoms with E-state index in [9.17, 15) is 22.8 Å². The number of carbonyl (C=O) groups is 1. The van der Waals surface area contributed by atoms with Crippen LogP contribution in [0.2, 0.25) is 0 Å². The number of aromatic nitrogens is 3. The Balaban J connectivity index is 1.97. The van der Waals surface area contributed by atoms with E-state index in [1.165, 1.54) is 29.8 Å². The topological polar surface area (TPSA) is 98.5 Å². The summed E-state index contributed by atoms with van der Waals surface area (Å²) in [5, 5.41) is 6.82. The maximum absolute atomic E-state index is 12.3. The smallest absolute Gasteiger partial charge is 0.406 e. The Bertz CT molecular complexity index is 1070. The number of alkyl halides is 3. The van der Waals surface area contributed by atoms with E-state index in [2.05, 4.69) is 25.1 Å². The van der Waals surface area contributed by atoms with Crippen molar-refractivity contribution in [1.82, 2.24) is 14.8 Å². The Morgan fingerprint density at radius 2 is 1.79 bits per heavy atom. The summed E-state index contributed by atoms with van der Waals surface area (Å²) in [4.78, 5) is 29.5. The predicted octanol–water partition coefficient (Wildman–Crippen LogP) is 3.76. The van der Waals surface area contributed by atoms with Crippen molar-refractivity contribution < 1.29 is 27.5 Å². The molecule has 0 aliphatic rings. The summed E-state index contributed by atoms with van der Waals surface area (Å²) in [6.45, 7) is 1.28. The largest absolute Gasteiger partial charge is 0.573 e. The Morgan fingerprint density at radius 1 is 1.14 bits per heavy atom. The van der Waals surface area contributed by atoms with Crippen molar-refractivity contribution in [2.45, 2.75) is 13.3 Å². The van der Waals surface area contributed by atoms with Gasteiger partial charge in [0.15, 0.2) is 5.82 Å². The zero-order valence-electron chi connectivity index (χ0n) is 14.8. The first-order chi connectivity index (χ1) is 13.7. The number of hydrogen-bond acceptors (Lipinski definition) is 6. The number of aliphatic imine (C=N–C) groups is 1. The fraction of sp³-hybridized carbons (Fsp3) is 0.111. The zero-order valence-corrected chi connectivity index (χ0v) is 14.8. The maximum Gasteiger partial charge on any atom is 0.573 e. The van der Waals surface area contributed by atoms with Gasteiger partial charge < -0.3 is 4.74 Å². The zero-order chi connectivity index (χ0) is 21.0. The molecule has 0 aliphatic heterocycles. The molecule has 2 aromatic carbocycles. The summed E-state index contributed by atoms with van der Waals surface area (Å²) in [5.74, 6) is -0.482. The lowest BCUT2D eigenvalue weighted by molar-refractivity contribution is -0.274. The Hall–Kier alpha value is -3.98. The number of ether oxygens (including phenoxy) is 1. The third-order valence-electron chi connectivity index (χ3n) is 3.51. The molecule has 3 aromatic rings. The number of halogens is 3. The van der Waals surface area contributed by atoms with E-state index in [-0.39, 0.29) is 11.8 Å².